The van der Waals surface area contributed by atoms with Crippen LogP contribution >= 0.6 is 0 Å². The first-order chi connectivity index (χ1) is 20.7. The Morgan fingerprint density at radius 3 is 1.72 bits per heavy atom. The van der Waals surface area contributed by atoms with Crippen LogP contribution in [0.1, 0.15) is 33.1 Å². The topological polar surface area (TPSA) is 140 Å². The third-order valence-corrected chi connectivity index (χ3v) is 7.43. The number of hydrogen-bond donors (Lipinski definition) is 2. The molecule has 1 fully saturated rings. The summed E-state index contributed by atoms with van der Waals surface area (Å²) in [5.41, 5.74) is 0.440. The van der Waals surface area contributed by atoms with E-state index in [0.29, 0.717) is 94.3 Å². The zero-order valence-electron chi connectivity index (χ0n) is 27.1. The Hall–Kier alpha value is -2.62. The van der Waals surface area contributed by atoms with Gasteiger partial charge in [0, 0.05) is 81.4 Å². The highest BCUT2D eigenvalue weighted by atomic mass is 16.5. The number of aromatic nitrogens is 4. The molecule has 43 heavy (non-hydrogen) atoms. The van der Waals surface area contributed by atoms with Gasteiger partial charge in [0.15, 0.2) is 11.6 Å². The van der Waals surface area contributed by atoms with E-state index in [1.807, 2.05) is 4.90 Å². The van der Waals surface area contributed by atoms with Crippen LogP contribution in [0.3, 0.4) is 0 Å². The predicted molar refractivity (Wildman–Crippen MR) is 169 cm³/mol. The lowest BCUT2D eigenvalue weighted by atomic mass is 10.1. The van der Waals surface area contributed by atoms with Crippen LogP contribution in [-0.2, 0) is 23.7 Å². The van der Waals surface area contributed by atoms with Crippen LogP contribution in [0.4, 0.5) is 23.5 Å². The van der Waals surface area contributed by atoms with Crippen molar-refractivity contribution in [3.63, 3.8) is 0 Å². The molecule has 0 atom stereocenters. The summed E-state index contributed by atoms with van der Waals surface area (Å²) in [7, 11) is 8.48. The van der Waals surface area contributed by atoms with Gasteiger partial charge in [-0.3, -0.25) is 0 Å². The highest BCUT2D eigenvalue weighted by Crippen LogP contribution is 2.33. The molecule has 0 radical (unpaired) electrons. The van der Waals surface area contributed by atoms with Crippen molar-refractivity contribution in [3.8, 4) is 0 Å². The van der Waals surface area contributed by atoms with Crippen LogP contribution in [-0.4, -0.2) is 145 Å². The van der Waals surface area contributed by atoms with Crippen molar-refractivity contribution in [3.05, 3.63) is 0 Å². The molecular weight excluding hydrogens is 556 g/mol. The second kappa shape index (κ2) is 17.6. The quantitative estimate of drug-likeness (QED) is 0.226. The van der Waals surface area contributed by atoms with Gasteiger partial charge in [-0.1, -0.05) is 0 Å². The van der Waals surface area contributed by atoms with Gasteiger partial charge in [-0.2, -0.15) is 9.97 Å². The van der Waals surface area contributed by atoms with E-state index in [1.54, 1.807) is 49.4 Å². The third-order valence-electron chi connectivity index (χ3n) is 7.43. The Kier molecular flexibility index (Phi) is 14.3. The number of fused-ring (bicyclic) bond motifs is 1. The number of methoxy groups -OCH3 is 5. The highest BCUT2D eigenvalue weighted by molar-refractivity contribution is 5.95. The van der Waals surface area contributed by atoms with E-state index in [4.69, 9.17) is 43.6 Å². The fraction of sp³-hybridized carbons (Fsp3) is 0.793. The lowest BCUT2D eigenvalue weighted by Crippen LogP contribution is -2.38. The maximum absolute atomic E-state index is 10.4. The van der Waals surface area contributed by atoms with E-state index in [2.05, 4.69) is 15.1 Å². The molecule has 2 aromatic heterocycles. The molecule has 1 aliphatic heterocycles. The molecule has 1 saturated heterocycles. The number of nitrogens with zero attached hydrogens (tertiary/aromatic N) is 7. The zero-order valence-corrected chi connectivity index (χ0v) is 27.1. The minimum absolute atomic E-state index is 0.214. The molecule has 3 rings (SSSR count). The fourth-order valence-electron chi connectivity index (χ4n) is 4.82. The first-order valence-electron chi connectivity index (χ1n) is 15.0. The lowest BCUT2D eigenvalue weighted by Gasteiger charge is -2.33. The molecule has 14 heteroatoms. The summed E-state index contributed by atoms with van der Waals surface area (Å²) in [6.07, 6.45) is 2.51. The molecule has 0 aliphatic carbocycles. The molecule has 0 aromatic carbocycles. The number of aliphatic hydroxyl groups is 1. The van der Waals surface area contributed by atoms with Gasteiger partial charge in [0.25, 0.3) is 0 Å². The Morgan fingerprint density at radius 1 is 0.767 bits per heavy atom. The predicted octanol–water partition coefficient (Wildman–Crippen LogP) is 1.81. The van der Waals surface area contributed by atoms with Gasteiger partial charge in [-0.05, 0) is 33.1 Å². The normalized spacial score (nSPS) is 14.5. The van der Waals surface area contributed by atoms with Gasteiger partial charge in [0.2, 0.25) is 11.9 Å². The van der Waals surface area contributed by atoms with Crippen LogP contribution in [0.15, 0.2) is 0 Å². The second-order valence-electron chi connectivity index (χ2n) is 11.3. The molecule has 0 bridgehead atoms. The molecule has 2 aromatic rings. The van der Waals surface area contributed by atoms with Crippen molar-refractivity contribution in [1.82, 2.24) is 19.9 Å². The van der Waals surface area contributed by atoms with E-state index in [-0.39, 0.29) is 6.10 Å². The van der Waals surface area contributed by atoms with Crippen molar-refractivity contribution in [2.45, 2.75) is 44.8 Å². The summed E-state index contributed by atoms with van der Waals surface area (Å²) in [5.74, 6) is 2.43. The van der Waals surface area contributed by atoms with Gasteiger partial charge in [0.05, 0.1) is 38.1 Å². The Morgan fingerprint density at radius 2 is 1.26 bits per heavy atom. The zero-order chi connectivity index (χ0) is 31.2. The van der Waals surface area contributed by atoms with Gasteiger partial charge in [0.1, 0.15) is 11.0 Å². The first kappa shape index (κ1) is 34.9. The number of piperidine rings is 1. The smallest absolute Gasteiger partial charge is 0.228 e. The molecule has 0 spiro atoms. The summed E-state index contributed by atoms with van der Waals surface area (Å²) in [6, 6.07) is 0. The number of ether oxygens (including phenoxy) is 5. The number of hydrogen-bond acceptors (Lipinski definition) is 14. The standard InChI is InChI=1S/C29H52N8O6/c1-29(2,38)10-11-30-25-23-24(32-27(33-25)36(14-18-39-3)15-19-40-4)26(35-12-8-22(43-7)9-13-35)34-28(31-23)37(16-20-41-5)17-21-42-6/h22,38H,8-21H2,1-7H3,(H,30,32,33). The Balaban J connectivity index is 2.21. The Labute approximate surface area is 256 Å². The summed E-state index contributed by atoms with van der Waals surface area (Å²) in [4.78, 5) is 26.6. The van der Waals surface area contributed by atoms with E-state index in [1.165, 1.54) is 0 Å². The summed E-state index contributed by atoms with van der Waals surface area (Å²) >= 11 is 0. The molecular formula is C29H52N8O6. The average Bonchev–Trinajstić information content (AvgIpc) is 3.00. The molecule has 0 saturated carbocycles. The summed E-state index contributed by atoms with van der Waals surface area (Å²) in [6.45, 7) is 10.0. The van der Waals surface area contributed by atoms with Gasteiger partial charge in [-0.25, -0.2) is 9.97 Å². The number of rotatable bonds is 20. The minimum Gasteiger partial charge on any atom is -0.390 e. The van der Waals surface area contributed by atoms with Crippen molar-refractivity contribution < 1.29 is 28.8 Å². The number of anilines is 4. The van der Waals surface area contributed by atoms with Crippen LogP contribution in [0.2, 0.25) is 0 Å². The molecule has 3 heterocycles. The molecule has 0 amide bonds. The Bertz CT molecular complexity index is 1080. The number of nitrogens with one attached hydrogen (secondary N) is 1. The minimum atomic E-state index is -0.838. The fourth-order valence-corrected chi connectivity index (χ4v) is 4.82. The molecule has 14 nitrogen and oxygen atoms in total. The monoisotopic (exact) mass is 608 g/mol. The maximum atomic E-state index is 10.4. The largest absolute Gasteiger partial charge is 0.390 e. The van der Waals surface area contributed by atoms with E-state index in [9.17, 15) is 5.11 Å². The van der Waals surface area contributed by atoms with Crippen LogP contribution in [0.5, 0.6) is 0 Å². The van der Waals surface area contributed by atoms with Gasteiger partial charge < -0.3 is 48.8 Å². The van der Waals surface area contributed by atoms with Gasteiger partial charge >= 0.3 is 0 Å². The first-order valence-corrected chi connectivity index (χ1v) is 15.0. The van der Waals surface area contributed by atoms with Crippen molar-refractivity contribution >= 4 is 34.6 Å². The second-order valence-corrected chi connectivity index (χ2v) is 11.3. The van der Waals surface area contributed by atoms with Gasteiger partial charge in [-0.15, -0.1) is 0 Å². The van der Waals surface area contributed by atoms with Crippen molar-refractivity contribution in [2.75, 3.05) is 128 Å². The molecule has 0 unspecified atom stereocenters. The lowest BCUT2D eigenvalue weighted by molar-refractivity contribution is 0.0748. The summed E-state index contributed by atoms with van der Waals surface area (Å²) < 4.78 is 27.2. The molecule has 2 N–H and O–H groups in total. The van der Waals surface area contributed by atoms with Crippen LogP contribution < -0.4 is 20.0 Å². The molecule has 1 aliphatic rings. The van der Waals surface area contributed by atoms with Crippen LogP contribution in [0, 0.1) is 0 Å². The average molecular weight is 609 g/mol. The van der Waals surface area contributed by atoms with E-state index < -0.39 is 5.60 Å². The van der Waals surface area contributed by atoms with Crippen molar-refractivity contribution in [1.29, 1.82) is 0 Å². The van der Waals surface area contributed by atoms with E-state index in [0.717, 1.165) is 31.7 Å². The maximum Gasteiger partial charge on any atom is 0.228 e. The SMILES string of the molecule is COCCN(CCOC)c1nc(N2CCC(OC)CC2)c2nc(N(CCOC)CCOC)nc(NCCC(C)(C)O)c2n1. The third kappa shape index (κ3) is 10.5. The molecule has 244 valence electrons. The van der Waals surface area contributed by atoms with Crippen LogP contribution in [0.25, 0.3) is 11.0 Å². The van der Waals surface area contributed by atoms with Crippen molar-refractivity contribution in [2.24, 2.45) is 0 Å². The summed E-state index contributed by atoms with van der Waals surface area (Å²) in [5, 5.41) is 13.9. The van der Waals surface area contributed by atoms with E-state index >= 15 is 0 Å². The highest BCUT2D eigenvalue weighted by Gasteiger charge is 2.27.